The molecule has 1 aliphatic carbocycles. The second-order valence-electron chi connectivity index (χ2n) is 6.45. The van der Waals surface area contributed by atoms with Gasteiger partial charge in [-0.15, -0.1) is 5.54 Å². The Labute approximate surface area is 114 Å². The monoisotopic (exact) mass is 264 g/mol. The van der Waals surface area contributed by atoms with E-state index in [1.54, 1.807) is 0 Å². The molecule has 1 N–H and O–H groups in total. The van der Waals surface area contributed by atoms with Gasteiger partial charge in [0.1, 0.15) is 8.07 Å². The molecule has 1 rings (SSSR count). The van der Waals surface area contributed by atoms with E-state index in [9.17, 15) is 5.11 Å². The molecule has 0 spiro atoms. The van der Waals surface area contributed by atoms with E-state index in [1.165, 1.54) is 0 Å². The fraction of sp³-hybridized carbons (Fsp3) is 0.750. The summed E-state index contributed by atoms with van der Waals surface area (Å²) >= 11 is 0. The van der Waals surface area contributed by atoms with Gasteiger partial charge < -0.3 is 5.11 Å². The van der Waals surface area contributed by atoms with E-state index in [0.29, 0.717) is 16.6 Å². The Balaban J connectivity index is 3.06. The number of allylic oxidation sites excluding steroid dienone is 1. The zero-order chi connectivity index (χ0) is 13.9. The molecule has 1 nitrogen and oxygen atoms in total. The lowest BCUT2D eigenvalue weighted by Gasteiger charge is -2.38. The maximum absolute atomic E-state index is 9.52. The van der Waals surface area contributed by atoms with Gasteiger partial charge in [-0.3, -0.25) is 0 Å². The highest BCUT2D eigenvalue weighted by molar-refractivity contribution is 6.90. The van der Waals surface area contributed by atoms with Crippen LogP contribution in [-0.2, 0) is 0 Å². The summed E-state index contributed by atoms with van der Waals surface area (Å²) in [5.41, 5.74) is 6.89. The smallest absolute Gasteiger partial charge is 0.146 e. The highest BCUT2D eigenvalue weighted by Crippen LogP contribution is 2.40. The van der Waals surface area contributed by atoms with Crippen LogP contribution in [-0.4, -0.2) is 19.3 Å². The average molecular weight is 264 g/mol. The quantitative estimate of drug-likeness (QED) is 0.595. The first kappa shape index (κ1) is 15.5. The zero-order valence-corrected chi connectivity index (χ0v) is 13.7. The molecule has 0 fully saturated rings. The molecule has 0 aromatic rings. The highest BCUT2D eigenvalue weighted by Gasteiger charge is 2.41. The summed E-state index contributed by atoms with van der Waals surface area (Å²) in [5.74, 6) is 3.41. The van der Waals surface area contributed by atoms with Crippen LogP contribution < -0.4 is 0 Å². The maximum atomic E-state index is 9.52. The van der Waals surface area contributed by atoms with Crippen molar-refractivity contribution in [3.8, 4) is 11.5 Å². The van der Waals surface area contributed by atoms with E-state index >= 15 is 0 Å². The Kier molecular flexibility index (Phi) is 5.25. The second kappa shape index (κ2) is 6.08. The van der Waals surface area contributed by atoms with Crippen molar-refractivity contribution in [2.24, 2.45) is 0 Å². The Bertz CT molecular complexity index is 347. The first-order chi connectivity index (χ1) is 8.30. The van der Waals surface area contributed by atoms with Crippen molar-refractivity contribution in [1.82, 2.24) is 0 Å². The van der Waals surface area contributed by atoms with Crippen LogP contribution in [0.1, 0.15) is 54.4 Å². The number of rotatable bonds is 3. The minimum Gasteiger partial charge on any atom is -0.389 e. The third kappa shape index (κ3) is 3.08. The van der Waals surface area contributed by atoms with E-state index in [4.69, 9.17) is 0 Å². The fourth-order valence-electron chi connectivity index (χ4n) is 3.43. The van der Waals surface area contributed by atoms with E-state index in [-0.39, 0.29) is 6.10 Å². The van der Waals surface area contributed by atoms with Gasteiger partial charge in [0, 0.05) is 5.57 Å². The number of hydrogen-bond acceptors (Lipinski definition) is 1. The molecule has 1 unspecified atom stereocenters. The molecular formula is C16H28OSi. The van der Waals surface area contributed by atoms with Crippen LogP contribution in [0.3, 0.4) is 0 Å². The zero-order valence-electron chi connectivity index (χ0n) is 12.7. The fourth-order valence-corrected chi connectivity index (χ4v) is 8.67. The molecule has 0 saturated carbocycles. The minimum absolute atomic E-state index is 0.262. The molecule has 0 aromatic heterocycles. The minimum atomic E-state index is -1.60. The highest BCUT2D eigenvalue weighted by atomic mass is 28.3. The molecule has 0 amide bonds. The predicted molar refractivity (Wildman–Crippen MR) is 82.1 cm³/mol. The first-order valence-electron chi connectivity index (χ1n) is 7.22. The van der Waals surface area contributed by atoms with E-state index in [1.807, 2.05) is 6.08 Å². The van der Waals surface area contributed by atoms with Crippen molar-refractivity contribution in [3.05, 3.63) is 11.6 Å². The second-order valence-corrected chi connectivity index (χ2v) is 12.0. The Morgan fingerprint density at radius 2 is 1.61 bits per heavy atom. The van der Waals surface area contributed by atoms with Crippen molar-refractivity contribution in [3.63, 3.8) is 0 Å². The molecular weight excluding hydrogens is 236 g/mol. The lowest BCUT2D eigenvalue weighted by Crippen LogP contribution is -2.43. The van der Waals surface area contributed by atoms with Crippen LogP contribution in [0, 0.1) is 11.5 Å². The van der Waals surface area contributed by atoms with Crippen LogP contribution in [0.25, 0.3) is 0 Å². The van der Waals surface area contributed by atoms with Gasteiger partial charge >= 0.3 is 0 Å². The summed E-state index contributed by atoms with van der Waals surface area (Å²) in [4.78, 5) is 0. The summed E-state index contributed by atoms with van der Waals surface area (Å²) in [5, 5.41) is 9.52. The molecule has 1 aliphatic rings. The maximum Gasteiger partial charge on any atom is 0.146 e. The molecule has 0 radical (unpaired) electrons. The molecule has 0 aromatic carbocycles. The third-order valence-corrected chi connectivity index (χ3v) is 10.7. The summed E-state index contributed by atoms with van der Waals surface area (Å²) in [7, 11) is -1.60. The molecule has 0 saturated heterocycles. The van der Waals surface area contributed by atoms with Gasteiger partial charge in [0.05, 0.1) is 6.10 Å². The van der Waals surface area contributed by atoms with Gasteiger partial charge in [-0.25, -0.2) is 0 Å². The molecule has 2 heteroatoms. The van der Waals surface area contributed by atoms with Gasteiger partial charge in [-0.2, -0.15) is 0 Å². The van der Waals surface area contributed by atoms with Gasteiger partial charge in [-0.1, -0.05) is 47.5 Å². The normalized spacial score (nSPS) is 20.3. The Hall–Kier alpha value is -0.523. The van der Waals surface area contributed by atoms with Gasteiger partial charge in [0.2, 0.25) is 0 Å². The standard InChI is InChI=1S/C16H28OSi/c1-12(2)18(13(3)4,14(5)6)10-9-15-7-8-16(17)11-15/h11-14,16-17H,7-8H2,1-6H3. The van der Waals surface area contributed by atoms with E-state index in [0.717, 1.165) is 18.4 Å². The topological polar surface area (TPSA) is 20.2 Å². The van der Waals surface area contributed by atoms with Crippen molar-refractivity contribution >= 4 is 8.07 Å². The van der Waals surface area contributed by atoms with E-state index in [2.05, 4.69) is 53.0 Å². The number of aliphatic hydroxyl groups is 1. The largest absolute Gasteiger partial charge is 0.389 e. The Morgan fingerprint density at radius 3 is 1.94 bits per heavy atom. The van der Waals surface area contributed by atoms with Crippen LogP contribution in [0.2, 0.25) is 16.6 Å². The molecule has 0 bridgehead atoms. The lowest BCUT2D eigenvalue weighted by atomic mass is 10.2. The van der Waals surface area contributed by atoms with E-state index < -0.39 is 8.07 Å². The van der Waals surface area contributed by atoms with Gasteiger partial charge in [0.15, 0.2) is 0 Å². The van der Waals surface area contributed by atoms with Crippen LogP contribution in [0.15, 0.2) is 11.6 Å². The molecule has 0 aliphatic heterocycles. The van der Waals surface area contributed by atoms with Crippen molar-refractivity contribution in [2.45, 2.75) is 77.1 Å². The summed E-state index contributed by atoms with van der Waals surface area (Å²) in [6.07, 6.45) is 3.48. The number of aliphatic hydroxyl groups excluding tert-OH is 1. The number of hydrogen-bond donors (Lipinski definition) is 1. The first-order valence-corrected chi connectivity index (χ1v) is 9.45. The van der Waals surface area contributed by atoms with Gasteiger partial charge in [-0.05, 0) is 35.5 Å². The molecule has 1 atom stereocenters. The summed E-state index contributed by atoms with van der Waals surface area (Å²) < 4.78 is 0. The summed E-state index contributed by atoms with van der Waals surface area (Å²) in [6.45, 7) is 14.0. The van der Waals surface area contributed by atoms with Crippen LogP contribution in [0.5, 0.6) is 0 Å². The van der Waals surface area contributed by atoms with Crippen LogP contribution >= 0.6 is 0 Å². The lowest BCUT2D eigenvalue weighted by molar-refractivity contribution is 0.223. The predicted octanol–water partition coefficient (Wildman–Crippen LogP) is 4.29. The van der Waals surface area contributed by atoms with Gasteiger partial charge in [0.25, 0.3) is 0 Å². The van der Waals surface area contributed by atoms with Crippen molar-refractivity contribution < 1.29 is 5.11 Å². The molecule has 18 heavy (non-hydrogen) atoms. The molecule has 0 heterocycles. The van der Waals surface area contributed by atoms with Crippen molar-refractivity contribution in [1.29, 1.82) is 0 Å². The van der Waals surface area contributed by atoms with Crippen molar-refractivity contribution in [2.75, 3.05) is 0 Å². The van der Waals surface area contributed by atoms with Crippen LogP contribution in [0.4, 0.5) is 0 Å². The molecule has 102 valence electrons. The SMILES string of the molecule is CC(C)[Si](C#CC1=CC(O)CC1)(C(C)C)C(C)C. The average Bonchev–Trinajstić information content (AvgIpc) is 2.63. The third-order valence-electron chi connectivity index (χ3n) is 4.41. The summed E-state index contributed by atoms with van der Waals surface area (Å²) in [6, 6.07) is 0. The Morgan fingerprint density at radius 1 is 1.11 bits per heavy atom.